The standard InChI is InChI=1S/C14H18/c1-6-7-8-14-9-10(2)11(3)12(4)13(14)5/h9H,8H2,1-5H3. The molecule has 0 heterocycles. The minimum Gasteiger partial charge on any atom is -0.106 e. The zero-order valence-electron chi connectivity index (χ0n) is 9.78. The third-order valence-electron chi connectivity index (χ3n) is 3.04. The Bertz CT molecular complexity index is 400. The van der Waals surface area contributed by atoms with Gasteiger partial charge >= 0.3 is 0 Å². The first-order chi connectivity index (χ1) is 6.57. The van der Waals surface area contributed by atoms with Gasteiger partial charge in [0.25, 0.3) is 0 Å². The molecule has 0 atom stereocenters. The normalized spacial score (nSPS) is 9.50. The van der Waals surface area contributed by atoms with Crippen molar-refractivity contribution in [3.63, 3.8) is 0 Å². The predicted octanol–water partition coefficient (Wildman–Crippen LogP) is 3.49. The Morgan fingerprint density at radius 1 is 1.00 bits per heavy atom. The largest absolute Gasteiger partial charge is 0.106 e. The van der Waals surface area contributed by atoms with E-state index in [4.69, 9.17) is 0 Å². The molecule has 1 aromatic carbocycles. The third kappa shape index (κ3) is 1.99. The van der Waals surface area contributed by atoms with Gasteiger partial charge < -0.3 is 0 Å². The summed E-state index contributed by atoms with van der Waals surface area (Å²) in [6, 6.07) is 2.27. The molecule has 0 unspecified atom stereocenters. The molecule has 0 heteroatoms. The average molecular weight is 186 g/mol. The molecule has 14 heavy (non-hydrogen) atoms. The number of benzene rings is 1. The molecule has 0 aliphatic rings. The maximum Gasteiger partial charge on any atom is 0.0343 e. The first-order valence-corrected chi connectivity index (χ1v) is 5.03. The first-order valence-electron chi connectivity index (χ1n) is 5.03. The fraction of sp³-hybridized carbons (Fsp3) is 0.429. The first kappa shape index (κ1) is 10.9. The van der Waals surface area contributed by atoms with Crippen molar-refractivity contribution in [1.29, 1.82) is 0 Å². The maximum atomic E-state index is 3.13. The second-order valence-electron chi connectivity index (χ2n) is 3.83. The van der Waals surface area contributed by atoms with Gasteiger partial charge in [-0.25, -0.2) is 0 Å². The summed E-state index contributed by atoms with van der Waals surface area (Å²) in [6.45, 7) is 10.6. The Labute approximate surface area is 87.4 Å². The molecule has 0 aromatic heterocycles. The van der Waals surface area contributed by atoms with E-state index in [0.717, 1.165) is 6.42 Å². The highest BCUT2D eigenvalue weighted by Crippen LogP contribution is 2.21. The zero-order valence-corrected chi connectivity index (χ0v) is 9.78. The molecule has 0 aliphatic heterocycles. The summed E-state index contributed by atoms with van der Waals surface area (Å²) in [5.41, 5.74) is 6.98. The minimum atomic E-state index is 0.879. The Balaban J connectivity index is 3.23. The summed E-state index contributed by atoms with van der Waals surface area (Å²) >= 11 is 0. The number of hydrogen-bond acceptors (Lipinski definition) is 0. The quantitative estimate of drug-likeness (QED) is 0.589. The second kappa shape index (κ2) is 4.33. The lowest BCUT2D eigenvalue weighted by Gasteiger charge is -2.12. The van der Waals surface area contributed by atoms with E-state index < -0.39 is 0 Å². The van der Waals surface area contributed by atoms with Gasteiger partial charge in [0.2, 0.25) is 0 Å². The van der Waals surface area contributed by atoms with Crippen molar-refractivity contribution in [2.75, 3.05) is 0 Å². The summed E-state index contributed by atoms with van der Waals surface area (Å²) in [6.07, 6.45) is 0.879. The van der Waals surface area contributed by atoms with Crippen LogP contribution in [0.3, 0.4) is 0 Å². The fourth-order valence-electron chi connectivity index (χ4n) is 1.66. The molecule has 1 rings (SSSR count). The molecule has 0 N–H and O–H groups in total. The van der Waals surface area contributed by atoms with E-state index in [1.54, 1.807) is 0 Å². The van der Waals surface area contributed by atoms with Gasteiger partial charge in [-0.1, -0.05) is 12.0 Å². The lowest BCUT2D eigenvalue weighted by atomic mass is 9.93. The van der Waals surface area contributed by atoms with Crippen molar-refractivity contribution in [3.05, 3.63) is 33.9 Å². The molecule has 0 fully saturated rings. The molecule has 0 aliphatic carbocycles. The van der Waals surface area contributed by atoms with Crippen LogP contribution in [0.5, 0.6) is 0 Å². The maximum absolute atomic E-state index is 3.13. The summed E-state index contributed by atoms with van der Waals surface area (Å²) in [5, 5.41) is 0. The highest BCUT2D eigenvalue weighted by molar-refractivity contribution is 5.44. The smallest absolute Gasteiger partial charge is 0.0343 e. The van der Waals surface area contributed by atoms with Crippen LogP contribution in [0.4, 0.5) is 0 Å². The topological polar surface area (TPSA) is 0 Å². The molecule has 0 spiro atoms. The van der Waals surface area contributed by atoms with E-state index in [0.29, 0.717) is 0 Å². The third-order valence-corrected chi connectivity index (χ3v) is 3.04. The number of hydrogen-bond donors (Lipinski definition) is 0. The second-order valence-corrected chi connectivity index (χ2v) is 3.83. The van der Waals surface area contributed by atoms with Crippen LogP contribution in [0.15, 0.2) is 6.07 Å². The molecular formula is C14H18. The lowest BCUT2D eigenvalue weighted by Crippen LogP contribution is -1.97. The van der Waals surface area contributed by atoms with E-state index in [1.165, 1.54) is 27.8 Å². The summed E-state index contributed by atoms with van der Waals surface area (Å²) in [5.74, 6) is 6.08. The van der Waals surface area contributed by atoms with Gasteiger partial charge in [-0.05, 0) is 62.4 Å². The highest BCUT2D eigenvalue weighted by Gasteiger charge is 2.05. The van der Waals surface area contributed by atoms with Gasteiger partial charge in [0.15, 0.2) is 0 Å². The molecule has 74 valence electrons. The molecule has 0 radical (unpaired) electrons. The Morgan fingerprint density at radius 2 is 1.64 bits per heavy atom. The van der Waals surface area contributed by atoms with Crippen molar-refractivity contribution in [3.8, 4) is 11.8 Å². The number of aryl methyl sites for hydroxylation is 1. The molecule has 0 bridgehead atoms. The van der Waals surface area contributed by atoms with E-state index in [1.807, 2.05) is 6.92 Å². The van der Waals surface area contributed by atoms with Crippen molar-refractivity contribution in [1.82, 2.24) is 0 Å². The summed E-state index contributed by atoms with van der Waals surface area (Å²) in [4.78, 5) is 0. The monoisotopic (exact) mass is 186 g/mol. The predicted molar refractivity (Wildman–Crippen MR) is 62.5 cm³/mol. The van der Waals surface area contributed by atoms with Crippen LogP contribution in [0, 0.1) is 39.5 Å². The highest BCUT2D eigenvalue weighted by atomic mass is 14.1. The Hall–Kier alpha value is -1.22. The van der Waals surface area contributed by atoms with Crippen LogP contribution >= 0.6 is 0 Å². The molecule has 0 amide bonds. The minimum absolute atomic E-state index is 0.879. The molecule has 0 saturated heterocycles. The van der Waals surface area contributed by atoms with Crippen LogP contribution in [-0.4, -0.2) is 0 Å². The zero-order chi connectivity index (χ0) is 10.7. The molecule has 0 saturated carbocycles. The molecular weight excluding hydrogens is 168 g/mol. The lowest BCUT2D eigenvalue weighted by molar-refractivity contribution is 1.14. The Morgan fingerprint density at radius 3 is 2.21 bits per heavy atom. The van der Waals surface area contributed by atoms with E-state index in [2.05, 4.69) is 45.6 Å². The van der Waals surface area contributed by atoms with Crippen LogP contribution in [0.1, 0.15) is 34.7 Å². The van der Waals surface area contributed by atoms with Gasteiger partial charge in [-0.2, -0.15) is 0 Å². The van der Waals surface area contributed by atoms with E-state index >= 15 is 0 Å². The molecule has 0 nitrogen and oxygen atoms in total. The van der Waals surface area contributed by atoms with Crippen molar-refractivity contribution < 1.29 is 0 Å². The molecule has 1 aromatic rings. The van der Waals surface area contributed by atoms with Gasteiger partial charge in [-0.15, -0.1) is 5.92 Å². The van der Waals surface area contributed by atoms with Gasteiger partial charge in [0, 0.05) is 6.42 Å². The van der Waals surface area contributed by atoms with Gasteiger partial charge in [0.1, 0.15) is 0 Å². The van der Waals surface area contributed by atoms with Crippen LogP contribution in [0.25, 0.3) is 0 Å². The summed E-state index contributed by atoms with van der Waals surface area (Å²) in [7, 11) is 0. The summed E-state index contributed by atoms with van der Waals surface area (Å²) < 4.78 is 0. The van der Waals surface area contributed by atoms with Crippen molar-refractivity contribution >= 4 is 0 Å². The Kier molecular flexibility index (Phi) is 3.36. The van der Waals surface area contributed by atoms with Crippen molar-refractivity contribution in [2.45, 2.75) is 41.0 Å². The van der Waals surface area contributed by atoms with E-state index in [9.17, 15) is 0 Å². The number of rotatable bonds is 1. The average Bonchev–Trinajstić information content (AvgIpc) is 2.18. The van der Waals surface area contributed by atoms with Crippen molar-refractivity contribution in [2.24, 2.45) is 0 Å². The van der Waals surface area contributed by atoms with Gasteiger partial charge in [0.05, 0.1) is 0 Å². The van der Waals surface area contributed by atoms with Gasteiger partial charge in [-0.3, -0.25) is 0 Å². The van der Waals surface area contributed by atoms with Crippen LogP contribution < -0.4 is 0 Å². The van der Waals surface area contributed by atoms with E-state index in [-0.39, 0.29) is 0 Å². The van der Waals surface area contributed by atoms with Crippen LogP contribution in [-0.2, 0) is 6.42 Å². The van der Waals surface area contributed by atoms with Crippen LogP contribution in [0.2, 0.25) is 0 Å². The fourth-order valence-corrected chi connectivity index (χ4v) is 1.66. The SMILES string of the molecule is CC#CCc1cc(C)c(C)c(C)c1C.